The van der Waals surface area contributed by atoms with Crippen molar-refractivity contribution in [1.29, 1.82) is 0 Å². The first-order valence-corrected chi connectivity index (χ1v) is 8.69. The molecule has 0 spiro atoms. The first-order chi connectivity index (χ1) is 12.7. The summed E-state index contributed by atoms with van der Waals surface area (Å²) < 4.78 is 25.9. The minimum Gasteiger partial charge on any atom is -0.480 e. The number of fused-ring (bicyclic) bond motifs is 1. The van der Waals surface area contributed by atoms with E-state index < -0.39 is 5.95 Å². The summed E-state index contributed by atoms with van der Waals surface area (Å²) in [5.41, 5.74) is 2.78. The molecule has 8 heteroatoms. The van der Waals surface area contributed by atoms with Gasteiger partial charge in [-0.2, -0.15) is 19.0 Å². The van der Waals surface area contributed by atoms with Gasteiger partial charge in [-0.05, 0) is 43.1 Å². The van der Waals surface area contributed by atoms with Gasteiger partial charge in [0.25, 0.3) is 0 Å². The lowest BCUT2D eigenvalue weighted by molar-refractivity contribution is 0.353. The van der Waals surface area contributed by atoms with Crippen LogP contribution in [0.4, 0.5) is 4.39 Å². The fourth-order valence-electron chi connectivity index (χ4n) is 3.77. The second-order valence-corrected chi connectivity index (χ2v) is 6.92. The summed E-state index contributed by atoms with van der Waals surface area (Å²) in [6.45, 7) is 0. The number of ether oxygens (including phenoxy) is 2. The van der Waals surface area contributed by atoms with Gasteiger partial charge in [0.15, 0.2) is 5.65 Å². The number of aromatic nitrogens is 5. The van der Waals surface area contributed by atoms with Crippen molar-refractivity contribution < 1.29 is 13.9 Å². The monoisotopic (exact) mass is 355 g/mol. The number of nitrogens with zero attached hydrogens (tertiary/aromatic N) is 5. The maximum absolute atomic E-state index is 14.2. The third kappa shape index (κ3) is 2.40. The molecule has 0 N–H and O–H groups in total. The Bertz CT molecular complexity index is 1000. The normalized spacial score (nSPS) is 21.8. The summed E-state index contributed by atoms with van der Waals surface area (Å²) >= 11 is 0. The smallest absolute Gasteiger partial charge is 0.319 e. The Labute approximate surface area is 149 Å². The molecule has 2 aliphatic rings. The van der Waals surface area contributed by atoms with Crippen LogP contribution in [0.25, 0.3) is 16.9 Å². The Morgan fingerprint density at radius 2 is 2.00 bits per heavy atom. The van der Waals surface area contributed by atoms with E-state index >= 15 is 0 Å². The Morgan fingerprint density at radius 3 is 2.73 bits per heavy atom. The highest BCUT2D eigenvalue weighted by molar-refractivity contribution is 5.67. The molecule has 134 valence electrons. The fourth-order valence-corrected chi connectivity index (χ4v) is 3.77. The largest absolute Gasteiger partial charge is 0.480 e. The Kier molecular flexibility index (Phi) is 3.35. The third-order valence-corrected chi connectivity index (χ3v) is 5.30. The van der Waals surface area contributed by atoms with Crippen molar-refractivity contribution >= 4 is 5.65 Å². The first-order valence-electron chi connectivity index (χ1n) is 8.69. The van der Waals surface area contributed by atoms with E-state index in [9.17, 15) is 4.39 Å². The van der Waals surface area contributed by atoms with Gasteiger partial charge in [0.1, 0.15) is 0 Å². The molecule has 0 radical (unpaired) electrons. The van der Waals surface area contributed by atoms with Gasteiger partial charge < -0.3 is 9.47 Å². The molecule has 7 nitrogen and oxygen atoms in total. The Morgan fingerprint density at radius 1 is 1.15 bits per heavy atom. The molecular formula is C18H18FN5O2. The molecule has 2 atom stereocenters. The van der Waals surface area contributed by atoms with Gasteiger partial charge in [-0.15, -0.1) is 0 Å². The summed E-state index contributed by atoms with van der Waals surface area (Å²) in [5.74, 6) is 1.77. The van der Waals surface area contributed by atoms with Crippen LogP contribution in [0.15, 0.2) is 18.5 Å². The van der Waals surface area contributed by atoms with Crippen molar-refractivity contribution in [2.75, 3.05) is 14.2 Å². The zero-order valence-corrected chi connectivity index (χ0v) is 14.5. The van der Waals surface area contributed by atoms with Gasteiger partial charge in [0.05, 0.1) is 31.7 Å². The van der Waals surface area contributed by atoms with Gasteiger partial charge in [0, 0.05) is 11.8 Å². The predicted octanol–water partition coefficient (Wildman–Crippen LogP) is 2.86. The highest BCUT2D eigenvalue weighted by Gasteiger charge is 2.49. The van der Waals surface area contributed by atoms with Crippen molar-refractivity contribution in [2.24, 2.45) is 11.8 Å². The highest BCUT2D eigenvalue weighted by atomic mass is 19.1. The lowest BCUT2D eigenvalue weighted by Gasteiger charge is -2.10. The molecule has 2 fully saturated rings. The van der Waals surface area contributed by atoms with Crippen LogP contribution in [0.3, 0.4) is 0 Å². The van der Waals surface area contributed by atoms with Gasteiger partial charge in [-0.3, -0.25) is 0 Å². The van der Waals surface area contributed by atoms with Crippen LogP contribution in [0.5, 0.6) is 11.9 Å². The maximum atomic E-state index is 14.2. The van der Waals surface area contributed by atoms with E-state index in [2.05, 4.69) is 20.1 Å². The van der Waals surface area contributed by atoms with Crippen LogP contribution in [-0.2, 0) is 0 Å². The lowest BCUT2D eigenvalue weighted by Crippen LogP contribution is -2.04. The Hall–Kier alpha value is -2.77. The van der Waals surface area contributed by atoms with Crippen LogP contribution in [0, 0.1) is 17.8 Å². The quantitative estimate of drug-likeness (QED) is 0.701. The third-order valence-electron chi connectivity index (χ3n) is 5.30. The summed E-state index contributed by atoms with van der Waals surface area (Å²) in [5, 5.41) is 4.40. The molecule has 2 saturated carbocycles. The number of methoxy groups -OCH3 is 2. The molecule has 3 heterocycles. The van der Waals surface area contributed by atoms with Crippen LogP contribution >= 0.6 is 0 Å². The molecular weight excluding hydrogens is 337 g/mol. The number of imidazole rings is 1. The molecule has 5 rings (SSSR count). The van der Waals surface area contributed by atoms with E-state index in [4.69, 9.17) is 9.47 Å². The maximum Gasteiger partial charge on any atom is 0.319 e. The van der Waals surface area contributed by atoms with Crippen molar-refractivity contribution in [3.8, 4) is 23.1 Å². The zero-order chi connectivity index (χ0) is 17.8. The van der Waals surface area contributed by atoms with E-state index in [1.165, 1.54) is 37.8 Å². The van der Waals surface area contributed by atoms with Crippen molar-refractivity contribution in [2.45, 2.75) is 25.2 Å². The first kappa shape index (κ1) is 15.5. The summed E-state index contributed by atoms with van der Waals surface area (Å²) in [7, 11) is 3.01. The van der Waals surface area contributed by atoms with Gasteiger partial charge in [0.2, 0.25) is 11.8 Å². The van der Waals surface area contributed by atoms with E-state index in [1.807, 2.05) is 6.07 Å². The standard InChI is InChI=1S/C18H18FN5O2/c1-25-17-13(7-21-18(22-17)26-2)14-6-12(11-5-10(11)9-3-4-9)16-20-8-15(19)24(16)23-14/h6-11H,3-5H2,1-2H3. The summed E-state index contributed by atoms with van der Waals surface area (Å²) in [6.07, 6.45) is 6.54. The second kappa shape index (κ2) is 5.62. The summed E-state index contributed by atoms with van der Waals surface area (Å²) in [6, 6.07) is 2.18. The van der Waals surface area contributed by atoms with Crippen LogP contribution in [-0.4, -0.2) is 38.8 Å². The molecule has 0 saturated heterocycles. The number of hydrogen-bond donors (Lipinski definition) is 0. The SMILES string of the molecule is COc1ncc(-c2cc(C3CC3C3CC3)c3ncc(F)n3n2)c(OC)n1. The molecule has 0 bridgehead atoms. The Balaban J connectivity index is 1.65. The molecule has 0 aliphatic heterocycles. The zero-order valence-electron chi connectivity index (χ0n) is 14.5. The molecule has 3 aromatic heterocycles. The van der Waals surface area contributed by atoms with Crippen LogP contribution in [0.2, 0.25) is 0 Å². The van der Waals surface area contributed by atoms with E-state index in [1.54, 1.807) is 6.20 Å². The predicted molar refractivity (Wildman–Crippen MR) is 90.6 cm³/mol. The van der Waals surface area contributed by atoms with Crippen molar-refractivity contribution in [1.82, 2.24) is 24.6 Å². The lowest BCUT2D eigenvalue weighted by atomic mass is 10.1. The number of hydrogen-bond acceptors (Lipinski definition) is 6. The number of rotatable bonds is 5. The summed E-state index contributed by atoms with van der Waals surface area (Å²) in [4.78, 5) is 12.6. The molecule has 2 unspecified atom stereocenters. The molecule has 2 aliphatic carbocycles. The highest BCUT2D eigenvalue weighted by Crippen LogP contribution is 2.60. The molecule has 3 aromatic rings. The van der Waals surface area contributed by atoms with Crippen LogP contribution in [0.1, 0.15) is 30.7 Å². The molecule has 0 amide bonds. The van der Waals surface area contributed by atoms with Crippen molar-refractivity contribution in [3.05, 3.63) is 30.0 Å². The van der Waals surface area contributed by atoms with E-state index in [-0.39, 0.29) is 6.01 Å². The average molecular weight is 355 g/mol. The van der Waals surface area contributed by atoms with Crippen LogP contribution < -0.4 is 9.47 Å². The van der Waals surface area contributed by atoms with Gasteiger partial charge in [-0.25, -0.2) is 9.97 Å². The second-order valence-electron chi connectivity index (χ2n) is 6.92. The van der Waals surface area contributed by atoms with E-state index in [0.717, 1.165) is 17.9 Å². The molecule has 26 heavy (non-hydrogen) atoms. The minimum atomic E-state index is -0.486. The van der Waals surface area contributed by atoms with Gasteiger partial charge in [-0.1, -0.05) is 0 Å². The number of halogens is 1. The molecule has 0 aromatic carbocycles. The van der Waals surface area contributed by atoms with Gasteiger partial charge >= 0.3 is 6.01 Å². The minimum absolute atomic E-state index is 0.205. The topological polar surface area (TPSA) is 74.4 Å². The van der Waals surface area contributed by atoms with E-state index in [0.29, 0.717) is 34.6 Å². The fraction of sp³-hybridized carbons (Fsp3) is 0.444. The average Bonchev–Trinajstić information content (AvgIpc) is 3.58. The van der Waals surface area contributed by atoms with Crippen molar-refractivity contribution in [3.63, 3.8) is 0 Å².